The standard InChI is InChI=1S/C18H14FNO3/c19-16-6-2-5-15(12-16)17(21)9-7-13-3-1-4-14(11-13)8-10-18(22)20-23/h1-12,23H,(H,20,22). The van der Waals surface area contributed by atoms with Crippen LogP contribution in [0, 0.1) is 5.82 Å². The van der Waals surface area contributed by atoms with Crippen LogP contribution in [0.5, 0.6) is 0 Å². The number of ketones is 1. The summed E-state index contributed by atoms with van der Waals surface area (Å²) in [6, 6.07) is 12.6. The summed E-state index contributed by atoms with van der Waals surface area (Å²) in [6.45, 7) is 0. The maximum Gasteiger partial charge on any atom is 0.267 e. The Bertz CT molecular complexity index is 781. The van der Waals surface area contributed by atoms with Crippen molar-refractivity contribution in [3.63, 3.8) is 0 Å². The van der Waals surface area contributed by atoms with E-state index in [1.807, 2.05) is 0 Å². The van der Waals surface area contributed by atoms with Crippen molar-refractivity contribution in [2.24, 2.45) is 0 Å². The molecule has 2 N–H and O–H groups in total. The first-order valence-corrected chi connectivity index (χ1v) is 6.78. The number of amides is 1. The molecule has 23 heavy (non-hydrogen) atoms. The van der Waals surface area contributed by atoms with Crippen LogP contribution in [-0.2, 0) is 4.79 Å². The van der Waals surface area contributed by atoms with E-state index in [0.717, 1.165) is 11.1 Å². The van der Waals surface area contributed by atoms with Gasteiger partial charge < -0.3 is 0 Å². The first-order valence-electron chi connectivity index (χ1n) is 6.78. The van der Waals surface area contributed by atoms with Gasteiger partial charge in [-0.3, -0.25) is 14.8 Å². The largest absolute Gasteiger partial charge is 0.289 e. The van der Waals surface area contributed by atoms with E-state index in [2.05, 4.69) is 0 Å². The highest BCUT2D eigenvalue weighted by Crippen LogP contribution is 2.11. The van der Waals surface area contributed by atoms with Gasteiger partial charge in [0, 0.05) is 11.6 Å². The van der Waals surface area contributed by atoms with Crippen LogP contribution < -0.4 is 5.48 Å². The van der Waals surface area contributed by atoms with Crippen molar-refractivity contribution in [2.75, 3.05) is 0 Å². The normalized spacial score (nSPS) is 11.0. The molecule has 0 radical (unpaired) electrons. The van der Waals surface area contributed by atoms with Crippen molar-refractivity contribution in [1.29, 1.82) is 0 Å². The smallest absolute Gasteiger partial charge is 0.267 e. The molecule has 4 nitrogen and oxygen atoms in total. The van der Waals surface area contributed by atoms with Crippen molar-refractivity contribution in [2.45, 2.75) is 0 Å². The molecule has 0 saturated carbocycles. The number of hydroxylamine groups is 1. The van der Waals surface area contributed by atoms with Gasteiger partial charge in [0.1, 0.15) is 5.82 Å². The van der Waals surface area contributed by atoms with E-state index >= 15 is 0 Å². The molecule has 0 aromatic heterocycles. The Labute approximate surface area is 132 Å². The van der Waals surface area contributed by atoms with E-state index in [1.54, 1.807) is 36.4 Å². The van der Waals surface area contributed by atoms with Crippen LogP contribution in [-0.4, -0.2) is 16.9 Å². The predicted molar refractivity (Wildman–Crippen MR) is 85.2 cm³/mol. The molecule has 2 rings (SSSR count). The Hall–Kier alpha value is -3.05. The Kier molecular flexibility index (Phi) is 5.55. The monoisotopic (exact) mass is 311 g/mol. The topological polar surface area (TPSA) is 66.4 Å². The first kappa shape index (κ1) is 16.3. The minimum Gasteiger partial charge on any atom is -0.289 e. The molecule has 0 atom stereocenters. The summed E-state index contributed by atoms with van der Waals surface area (Å²) in [7, 11) is 0. The van der Waals surface area contributed by atoms with Crippen LogP contribution in [0.25, 0.3) is 12.2 Å². The Balaban J connectivity index is 2.12. The molecule has 2 aromatic rings. The molecule has 0 spiro atoms. The van der Waals surface area contributed by atoms with Gasteiger partial charge in [0.05, 0.1) is 0 Å². The van der Waals surface area contributed by atoms with Gasteiger partial charge in [-0.1, -0.05) is 36.4 Å². The molecule has 2 aromatic carbocycles. The van der Waals surface area contributed by atoms with E-state index < -0.39 is 11.7 Å². The van der Waals surface area contributed by atoms with Crippen LogP contribution in [0.4, 0.5) is 4.39 Å². The van der Waals surface area contributed by atoms with Gasteiger partial charge in [-0.15, -0.1) is 0 Å². The molecule has 0 unspecified atom stereocenters. The quantitative estimate of drug-likeness (QED) is 0.385. The van der Waals surface area contributed by atoms with Crippen molar-refractivity contribution < 1.29 is 19.2 Å². The highest BCUT2D eigenvalue weighted by Gasteiger charge is 2.02. The van der Waals surface area contributed by atoms with Crippen LogP contribution >= 0.6 is 0 Å². The zero-order valence-corrected chi connectivity index (χ0v) is 12.1. The molecule has 116 valence electrons. The third kappa shape index (κ3) is 5.01. The maximum absolute atomic E-state index is 13.1. The molecule has 0 fully saturated rings. The van der Waals surface area contributed by atoms with Gasteiger partial charge in [-0.2, -0.15) is 0 Å². The molecule has 0 aliphatic carbocycles. The highest BCUT2D eigenvalue weighted by atomic mass is 19.1. The minimum absolute atomic E-state index is 0.275. The summed E-state index contributed by atoms with van der Waals surface area (Å²) < 4.78 is 13.1. The number of carbonyl (C=O) groups excluding carboxylic acids is 2. The molecular formula is C18H14FNO3. The lowest BCUT2D eigenvalue weighted by atomic mass is 10.1. The molecule has 5 heteroatoms. The number of rotatable bonds is 5. The fourth-order valence-corrected chi connectivity index (χ4v) is 1.89. The van der Waals surface area contributed by atoms with E-state index in [1.165, 1.54) is 41.9 Å². The summed E-state index contributed by atoms with van der Waals surface area (Å²) in [4.78, 5) is 22.9. The Morgan fingerprint density at radius 3 is 2.26 bits per heavy atom. The lowest BCUT2D eigenvalue weighted by Gasteiger charge is -1.98. The summed E-state index contributed by atoms with van der Waals surface area (Å²) in [6.07, 6.45) is 5.67. The highest BCUT2D eigenvalue weighted by molar-refractivity contribution is 6.06. The fourth-order valence-electron chi connectivity index (χ4n) is 1.89. The summed E-state index contributed by atoms with van der Waals surface area (Å²) >= 11 is 0. The van der Waals surface area contributed by atoms with E-state index in [4.69, 9.17) is 5.21 Å². The van der Waals surface area contributed by atoms with Crippen molar-refractivity contribution in [3.05, 3.63) is 83.2 Å². The van der Waals surface area contributed by atoms with Crippen molar-refractivity contribution in [3.8, 4) is 0 Å². The molecule has 0 aliphatic rings. The number of halogens is 1. The second-order valence-electron chi connectivity index (χ2n) is 4.69. The van der Waals surface area contributed by atoms with E-state index in [-0.39, 0.29) is 11.3 Å². The fraction of sp³-hybridized carbons (Fsp3) is 0. The number of benzene rings is 2. The summed E-state index contributed by atoms with van der Waals surface area (Å²) in [5, 5.41) is 8.41. The van der Waals surface area contributed by atoms with Gasteiger partial charge in [-0.05, 0) is 41.5 Å². The van der Waals surface area contributed by atoms with Crippen molar-refractivity contribution >= 4 is 23.8 Å². The number of hydrogen-bond donors (Lipinski definition) is 2. The zero-order valence-electron chi connectivity index (χ0n) is 12.1. The molecule has 0 bridgehead atoms. The lowest BCUT2D eigenvalue weighted by molar-refractivity contribution is -0.124. The van der Waals surface area contributed by atoms with Crippen LogP contribution in [0.1, 0.15) is 21.5 Å². The Morgan fingerprint density at radius 2 is 1.61 bits per heavy atom. The number of carbonyl (C=O) groups is 2. The van der Waals surface area contributed by atoms with Crippen LogP contribution in [0.15, 0.2) is 60.7 Å². The second kappa shape index (κ2) is 7.82. The van der Waals surface area contributed by atoms with Crippen LogP contribution in [0.3, 0.4) is 0 Å². The van der Waals surface area contributed by atoms with Gasteiger partial charge in [0.25, 0.3) is 5.91 Å². The average Bonchev–Trinajstić information content (AvgIpc) is 2.58. The second-order valence-corrected chi connectivity index (χ2v) is 4.69. The summed E-state index contributed by atoms with van der Waals surface area (Å²) in [5.41, 5.74) is 3.25. The minimum atomic E-state index is -0.632. The zero-order chi connectivity index (χ0) is 16.7. The lowest BCUT2D eigenvalue weighted by Crippen LogP contribution is -2.14. The van der Waals surface area contributed by atoms with Crippen LogP contribution in [0.2, 0.25) is 0 Å². The number of nitrogens with one attached hydrogen (secondary N) is 1. The maximum atomic E-state index is 13.1. The molecular weight excluding hydrogens is 297 g/mol. The van der Waals surface area contributed by atoms with E-state index in [0.29, 0.717) is 0 Å². The van der Waals surface area contributed by atoms with Gasteiger partial charge >= 0.3 is 0 Å². The third-order valence-corrected chi connectivity index (χ3v) is 2.98. The average molecular weight is 311 g/mol. The van der Waals surface area contributed by atoms with E-state index in [9.17, 15) is 14.0 Å². The number of hydrogen-bond acceptors (Lipinski definition) is 3. The first-order chi connectivity index (χ1) is 11.1. The number of allylic oxidation sites excluding steroid dienone is 1. The Morgan fingerprint density at radius 1 is 0.957 bits per heavy atom. The molecule has 0 saturated heterocycles. The predicted octanol–water partition coefficient (Wildman–Crippen LogP) is 3.24. The molecule has 0 heterocycles. The summed E-state index contributed by atoms with van der Waals surface area (Å²) in [5.74, 6) is -1.39. The van der Waals surface area contributed by atoms with Gasteiger partial charge in [0.2, 0.25) is 0 Å². The molecule has 1 amide bonds. The third-order valence-electron chi connectivity index (χ3n) is 2.98. The van der Waals surface area contributed by atoms with Gasteiger partial charge in [-0.25, -0.2) is 9.87 Å². The van der Waals surface area contributed by atoms with Crippen molar-refractivity contribution in [1.82, 2.24) is 5.48 Å². The molecule has 0 aliphatic heterocycles. The van der Waals surface area contributed by atoms with Gasteiger partial charge in [0.15, 0.2) is 5.78 Å². The SMILES string of the molecule is O=C(C=Cc1cccc(C=CC(=O)c2cccc(F)c2)c1)NO.